The Morgan fingerprint density at radius 3 is 2.90 bits per heavy atom. The van der Waals surface area contributed by atoms with Gasteiger partial charge < -0.3 is 10.2 Å². The fourth-order valence-corrected chi connectivity index (χ4v) is 2.95. The highest BCUT2D eigenvalue weighted by Crippen LogP contribution is 2.21. The zero-order chi connectivity index (χ0) is 15.2. The molecule has 0 radical (unpaired) electrons. The second-order valence-electron chi connectivity index (χ2n) is 6.12. The fourth-order valence-electron chi connectivity index (χ4n) is 2.95. The minimum absolute atomic E-state index is 0.0798. The van der Waals surface area contributed by atoms with Gasteiger partial charge in [-0.15, -0.1) is 0 Å². The Balaban J connectivity index is 2.17. The number of hydrogen-bond acceptors (Lipinski definition) is 3. The van der Waals surface area contributed by atoms with Crippen LogP contribution >= 0.6 is 0 Å². The molecule has 1 aromatic rings. The molecule has 1 saturated heterocycles. The molecule has 1 atom stereocenters. The number of likely N-dealkylation sites (tertiary alicyclic amines) is 1. The molecule has 0 saturated carbocycles. The molecule has 4 nitrogen and oxygen atoms in total. The maximum absolute atomic E-state index is 12.8. The van der Waals surface area contributed by atoms with Crippen molar-refractivity contribution in [3.8, 4) is 0 Å². The molecule has 0 aromatic carbocycles. The average molecular weight is 289 g/mol. The summed E-state index contributed by atoms with van der Waals surface area (Å²) in [5, 5.41) is 3.26. The van der Waals surface area contributed by atoms with Gasteiger partial charge in [-0.3, -0.25) is 4.79 Å². The normalized spacial score (nSPS) is 19.4. The van der Waals surface area contributed by atoms with E-state index in [-0.39, 0.29) is 5.91 Å². The molecular weight excluding hydrogens is 262 g/mol. The second kappa shape index (κ2) is 7.43. The first kappa shape index (κ1) is 15.8. The van der Waals surface area contributed by atoms with Gasteiger partial charge in [0.25, 0.3) is 5.91 Å². The van der Waals surface area contributed by atoms with Crippen LogP contribution < -0.4 is 5.32 Å². The standard InChI is InChI=1S/C17H27N3O/c1-4-14-9-6-5-7-12-20(14)17(21)15-10-8-11-16(19-15)18-13(2)3/h8,10-11,13-14H,4-7,9,12H2,1-3H3,(H,18,19). The lowest BCUT2D eigenvalue weighted by Crippen LogP contribution is -2.40. The lowest BCUT2D eigenvalue weighted by Gasteiger charge is -2.29. The summed E-state index contributed by atoms with van der Waals surface area (Å²) in [6, 6.07) is 6.32. The number of carbonyl (C=O) groups is 1. The van der Waals surface area contributed by atoms with Crippen LogP contribution in [0.4, 0.5) is 5.82 Å². The molecule has 1 aliphatic rings. The number of nitrogens with zero attached hydrogens (tertiary/aromatic N) is 2. The third-order valence-electron chi connectivity index (χ3n) is 4.01. The summed E-state index contributed by atoms with van der Waals surface area (Å²) in [5.41, 5.74) is 0.556. The quantitative estimate of drug-likeness (QED) is 0.919. The van der Waals surface area contributed by atoms with Crippen molar-refractivity contribution >= 4 is 11.7 Å². The topological polar surface area (TPSA) is 45.2 Å². The summed E-state index contributed by atoms with van der Waals surface area (Å²) < 4.78 is 0. The van der Waals surface area contributed by atoms with Crippen molar-refractivity contribution in [3.05, 3.63) is 23.9 Å². The zero-order valence-electron chi connectivity index (χ0n) is 13.4. The van der Waals surface area contributed by atoms with Gasteiger partial charge in [0.2, 0.25) is 0 Å². The Labute approximate surface area is 127 Å². The molecule has 1 amide bonds. The van der Waals surface area contributed by atoms with Crippen molar-refractivity contribution in [1.82, 2.24) is 9.88 Å². The minimum Gasteiger partial charge on any atom is -0.368 e. The molecule has 1 aromatic heterocycles. The van der Waals surface area contributed by atoms with Crippen molar-refractivity contribution in [1.29, 1.82) is 0 Å². The average Bonchev–Trinajstić information content (AvgIpc) is 2.71. The van der Waals surface area contributed by atoms with Crippen molar-refractivity contribution < 1.29 is 4.79 Å². The molecule has 0 bridgehead atoms. The lowest BCUT2D eigenvalue weighted by atomic mass is 10.1. The molecule has 2 heterocycles. The summed E-state index contributed by atoms with van der Waals surface area (Å²) in [4.78, 5) is 19.3. The predicted octanol–water partition coefficient (Wildman–Crippen LogP) is 3.70. The first-order valence-electron chi connectivity index (χ1n) is 8.16. The van der Waals surface area contributed by atoms with Crippen LogP contribution in [-0.4, -0.2) is 34.4 Å². The van der Waals surface area contributed by atoms with E-state index < -0.39 is 0 Å². The van der Waals surface area contributed by atoms with Gasteiger partial charge in [0.05, 0.1) is 0 Å². The van der Waals surface area contributed by atoms with Crippen molar-refractivity contribution in [2.75, 3.05) is 11.9 Å². The molecule has 1 N–H and O–H groups in total. The monoisotopic (exact) mass is 289 g/mol. The highest BCUT2D eigenvalue weighted by atomic mass is 16.2. The number of rotatable bonds is 4. The van der Waals surface area contributed by atoms with E-state index in [0.29, 0.717) is 17.8 Å². The van der Waals surface area contributed by atoms with Crippen molar-refractivity contribution in [2.24, 2.45) is 0 Å². The molecule has 1 aliphatic heterocycles. The number of anilines is 1. The molecule has 21 heavy (non-hydrogen) atoms. The van der Waals surface area contributed by atoms with E-state index >= 15 is 0 Å². The maximum Gasteiger partial charge on any atom is 0.272 e. The number of pyridine rings is 1. The van der Waals surface area contributed by atoms with Gasteiger partial charge >= 0.3 is 0 Å². The van der Waals surface area contributed by atoms with Gasteiger partial charge in [-0.05, 0) is 45.2 Å². The van der Waals surface area contributed by atoms with Crippen LogP contribution in [-0.2, 0) is 0 Å². The Kier molecular flexibility index (Phi) is 5.59. The molecule has 1 unspecified atom stereocenters. The van der Waals surface area contributed by atoms with Gasteiger partial charge in [0.15, 0.2) is 0 Å². The van der Waals surface area contributed by atoms with Crippen molar-refractivity contribution in [2.45, 2.75) is 65.0 Å². The maximum atomic E-state index is 12.8. The van der Waals surface area contributed by atoms with Crippen LogP contribution in [0.1, 0.15) is 63.4 Å². The summed E-state index contributed by atoms with van der Waals surface area (Å²) in [7, 11) is 0. The largest absolute Gasteiger partial charge is 0.368 e. The smallest absolute Gasteiger partial charge is 0.272 e. The Morgan fingerprint density at radius 1 is 1.38 bits per heavy atom. The van der Waals surface area contributed by atoms with Gasteiger partial charge in [0.1, 0.15) is 11.5 Å². The summed E-state index contributed by atoms with van der Waals surface area (Å²) >= 11 is 0. The van der Waals surface area contributed by atoms with E-state index in [1.807, 2.05) is 23.1 Å². The van der Waals surface area contributed by atoms with E-state index in [1.165, 1.54) is 12.8 Å². The lowest BCUT2D eigenvalue weighted by molar-refractivity contribution is 0.0672. The summed E-state index contributed by atoms with van der Waals surface area (Å²) in [6.07, 6.45) is 5.70. The van der Waals surface area contributed by atoms with Gasteiger partial charge in [-0.2, -0.15) is 0 Å². The van der Waals surface area contributed by atoms with E-state index in [9.17, 15) is 4.79 Å². The summed E-state index contributed by atoms with van der Waals surface area (Å²) in [6.45, 7) is 7.16. The number of carbonyl (C=O) groups excluding carboxylic acids is 1. The molecule has 4 heteroatoms. The molecular formula is C17H27N3O. The zero-order valence-corrected chi connectivity index (χ0v) is 13.4. The molecule has 0 spiro atoms. The third kappa shape index (κ3) is 4.19. The number of hydrogen-bond donors (Lipinski definition) is 1. The molecule has 1 fully saturated rings. The third-order valence-corrected chi connectivity index (χ3v) is 4.01. The SMILES string of the molecule is CCC1CCCCCN1C(=O)c1cccc(NC(C)C)n1. The van der Waals surface area contributed by atoms with Crippen LogP contribution in [0.2, 0.25) is 0 Å². The van der Waals surface area contributed by atoms with Crippen LogP contribution in [0.15, 0.2) is 18.2 Å². The highest BCUT2D eigenvalue weighted by Gasteiger charge is 2.25. The number of nitrogens with one attached hydrogen (secondary N) is 1. The fraction of sp³-hybridized carbons (Fsp3) is 0.647. The number of aromatic nitrogens is 1. The van der Waals surface area contributed by atoms with E-state index in [1.54, 1.807) is 0 Å². The highest BCUT2D eigenvalue weighted by molar-refractivity contribution is 5.93. The van der Waals surface area contributed by atoms with Gasteiger partial charge in [-0.25, -0.2) is 4.98 Å². The summed E-state index contributed by atoms with van der Waals surface area (Å²) in [5.74, 6) is 0.856. The van der Waals surface area contributed by atoms with E-state index in [2.05, 4.69) is 31.1 Å². The van der Waals surface area contributed by atoms with Gasteiger partial charge in [-0.1, -0.05) is 25.8 Å². The van der Waals surface area contributed by atoms with E-state index in [0.717, 1.165) is 31.6 Å². The van der Waals surface area contributed by atoms with Crippen LogP contribution in [0.3, 0.4) is 0 Å². The minimum atomic E-state index is 0.0798. The van der Waals surface area contributed by atoms with Crippen LogP contribution in [0.25, 0.3) is 0 Å². The predicted molar refractivity (Wildman–Crippen MR) is 86.6 cm³/mol. The molecule has 116 valence electrons. The first-order chi connectivity index (χ1) is 10.1. The second-order valence-corrected chi connectivity index (χ2v) is 6.12. The first-order valence-corrected chi connectivity index (χ1v) is 8.16. The molecule has 2 rings (SSSR count). The van der Waals surface area contributed by atoms with Crippen LogP contribution in [0, 0.1) is 0 Å². The van der Waals surface area contributed by atoms with Crippen LogP contribution in [0.5, 0.6) is 0 Å². The van der Waals surface area contributed by atoms with Gasteiger partial charge in [0, 0.05) is 18.6 Å². The van der Waals surface area contributed by atoms with E-state index in [4.69, 9.17) is 0 Å². The van der Waals surface area contributed by atoms with Crippen molar-refractivity contribution in [3.63, 3.8) is 0 Å². The Hall–Kier alpha value is -1.58. The number of amides is 1. The Morgan fingerprint density at radius 2 is 2.19 bits per heavy atom. The molecule has 0 aliphatic carbocycles. The Bertz CT molecular complexity index is 473.